The molecular formula is C36H33CoN8O18S2. The van der Waals surface area contributed by atoms with Crippen LogP contribution >= 0.6 is 0 Å². The maximum Gasteiger partial charge on any atom is 3.00 e. The van der Waals surface area contributed by atoms with Crippen molar-refractivity contribution in [3.8, 4) is 23.0 Å². The number of amides is 2. The second-order valence-corrected chi connectivity index (χ2v) is 15.3. The molecule has 4 aromatic carbocycles. The number of nitrogens with zero attached hydrogens (tertiary/aromatic N) is 6. The van der Waals surface area contributed by atoms with Gasteiger partial charge < -0.3 is 40.5 Å². The average molecular weight is 989 g/mol. The van der Waals surface area contributed by atoms with E-state index in [-0.39, 0.29) is 50.8 Å². The van der Waals surface area contributed by atoms with Crippen LogP contribution < -0.4 is 35.4 Å². The minimum atomic E-state index is -4.56. The number of aryl methyl sites for hydroxylation is 2. The normalized spacial score (nSPS) is 12.2. The van der Waals surface area contributed by atoms with Crippen LogP contribution in [0.15, 0.2) is 114 Å². The molecule has 0 aliphatic carbocycles. The van der Waals surface area contributed by atoms with Gasteiger partial charge in [-0.05, 0) is 44.0 Å². The van der Waals surface area contributed by atoms with E-state index < -0.39 is 109 Å². The Bertz CT molecular complexity index is 2700. The Morgan fingerprint density at radius 3 is 1.32 bits per heavy atom. The van der Waals surface area contributed by atoms with E-state index in [1.54, 1.807) is 0 Å². The third-order valence-electron chi connectivity index (χ3n) is 7.97. The van der Waals surface area contributed by atoms with Gasteiger partial charge in [0.05, 0.1) is 46.8 Å². The van der Waals surface area contributed by atoms with Crippen LogP contribution in [0.2, 0.25) is 0 Å². The zero-order valence-electron chi connectivity index (χ0n) is 34.1. The number of allylic oxidation sites excluding steroid dienone is 2. The number of non-ortho nitro benzene ring substituents is 2. The van der Waals surface area contributed by atoms with E-state index in [4.69, 9.17) is 9.47 Å². The number of azo groups is 2. The SMILES string of the molecule is COc1cc(S(=O)(=O)O)c(C)cc1NC(=O)C(N=Nc1cc([N+](=O)[O-])ccc1[O-])=C(C)O.COc1cc(S(=O)(=O)O)c(C)cc1NC(=O)C(N=Nc1cc([N+](=O)[O-])ccc1[O-])=C(C)[O-].[Co+3]. The van der Waals surface area contributed by atoms with Crippen molar-refractivity contribution in [2.75, 3.05) is 24.9 Å². The zero-order chi connectivity index (χ0) is 48.4. The van der Waals surface area contributed by atoms with Crippen molar-refractivity contribution in [2.24, 2.45) is 20.5 Å². The van der Waals surface area contributed by atoms with Crippen molar-refractivity contribution >= 4 is 66.2 Å². The second kappa shape index (κ2) is 22.2. The van der Waals surface area contributed by atoms with Gasteiger partial charge in [-0.3, -0.25) is 38.9 Å². The summed E-state index contributed by atoms with van der Waals surface area (Å²) in [6, 6.07) is 9.79. The van der Waals surface area contributed by atoms with Crippen LogP contribution in [0.3, 0.4) is 0 Å². The zero-order valence-corrected chi connectivity index (χ0v) is 36.7. The second-order valence-electron chi connectivity index (χ2n) is 12.6. The Labute approximate surface area is 377 Å². The molecule has 29 heteroatoms. The van der Waals surface area contributed by atoms with Gasteiger partial charge >= 0.3 is 16.8 Å². The maximum absolute atomic E-state index is 12.6. The van der Waals surface area contributed by atoms with E-state index >= 15 is 0 Å². The number of aliphatic hydroxyl groups excluding tert-OH is 1. The number of nitro benzene ring substituents is 2. The number of nitrogens with one attached hydrogen (secondary N) is 2. The van der Waals surface area contributed by atoms with Gasteiger partial charge in [0.2, 0.25) is 0 Å². The largest absolute Gasteiger partial charge is 3.00 e. The van der Waals surface area contributed by atoms with Gasteiger partial charge in [-0.15, -0.1) is 16.0 Å². The summed E-state index contributed by atoms with van der Waals surface area (Å²) in [5.74, 6) is -5.20. The number of hydrogen-bond acceptors (Lipinski definition) is 20. The first kappa shape index (κ1) is 53.6. The molecule has 0 aliphatic heterocycles. The van der Waals surface area contributed by atoms with Crippen LogP contribution in [0, 0.1) is 34.1 Å². The number of carbonyl (C=O) groups is 2. The third-order valence-corrected chi connectivity index (χ3v) is 9.97. The molecule has 0 saturated carbocycles. The average Bonchev–Trinajstić information content (AvgIpc) is 3.18. The molecule has 0 unspecified atom stereocenters. The van der Waals surface area contributed by atoms with Crippen LogP contribution in [0.4, 0.5) is 34.1 Å². The fraction of sp³-hybridized carbons (Fsp3) is 0.167. The molecule has 0 heterocycles. The molecule has 26 nitrogen and oxygen atoms in total. The number of anilines is 2. The minimum absolute atomic E-state index is 0. The number of carbonyl (C=O) groups excluding carboxylic acids is 2. The molecule has 4 aromatic rings. The number of aliphatic hydroxyl groups is 1. The van der Waals surface area contributed by atoms with Crippen molar-refractivity contribution in [3.63, 3.8) is 0 Å². The molecule has 0 radical (unpaired) electrons. The van der Waals surface area contributed by atoms with Crippen LogP contribution in [0.1, 0.15) is 25.0 Å². The summed E-state index contributed by atoms with van der Waals surface area (Å²) in [4.78, 5) is 44.5. The van der Waals surface area contributed by atoms with Crippen LogP contribution in [-0.4, -0.2) is 66.9 Å². The van der Waals surface area contributed by atoms with Crippen molar-refractivity contribution in [3.05, 3.63) is 115 Å². The third kappa shape index (κ3) is 14.2. The van der Waals surface area contributed by atoms with Gasteiger partial charge in [0, 0.05) is 36.4 Å². The van der Waals surface area contributed by atoms with Crippen molar-refractivity contribution in [2.45, 2.75) is 37.5 Å². The quantitative estimate of drug-likeness (QED) is 0.0294. The van der Waals surface area contributed by atoms with Crippen molar-refractivity contribution in [1.82, 2.24) is 0 Å². The molecule has 2 amide bonds. The molecule has 0 aromatic heterocycles. The molecule has 0 atom stereocenters. The molecule has 346 valence electrons. The van der Waals surface area contributed by atoms with Gasteiger partial charge in [0.25, 0.3) is 43.4 Å². The van der Waals surface area contributed by atoms with Crippen molar-refractivity contribution < 1.29 is 92.1 Å². The predicted molar refractivity (Wildman–Crippen MR) is 214 cm³/mol. The summed E-state index contributed by atoms with van der Waals surface area (Å²) in [6.07, 6.45) is 0. The summed E-state index contributed by atoms with van der Waals surface area (Å²) in [7, 11) is -6.73. The van der Waals surface area contributed by atoms with E-state index in [0.717, 1.165) is 62.4 Å². The molecule has 0 aliphatic rings. The number of ether oxygens (including phenoxy) is 2. The molecule has 0 bridgehead atoms. The number of methoxy groups -OCH3 is 2. The van der Waals surface area contributed by atoms with Crippen LogP contribution in [0.5, 0.6) is 23.0 Å². The van der Waals surface area contributed by atoms with E-state index in [9.17, 15) is 76.2 Å². The molecule has 65 heavy (non-hydrogen) atoms. The monoisotopic (exact) mass is 988 g/mol. The minimum Gasteiger partial charge on any atom is -0.874 e. The number of rotatable bonds is 14. The summed E-state index contributed by atoms with van der Waals surface area (Å²) in [5, 5.41) is 85.7. The molecule has 0 saturated heterocycles. The van der Waals surface area contributed by atoms with Gasteiger partial charge in [-0.1, -0.05) is 30.6 Å². The van der Waals surface area contributed by atoms with Crippen LogP contribution in [0.25, 0.3) is 0 Å². The molecule has 0 fully saturated rings. The Morgan fingerprint density at radius 2 is 1.02 bits per heavy atom. The van der Waals surface area contributed by atoms with Crippen LogP contribution in [-0.2, 0) is 46.6 Å². The Balaban J connectivity index is 0.000000440. The summed E-state index contributed by atoms with van der Waals surface area (Å²) >= 11 is 0. The molecule has 4 rings (SSSR count). The van der Waals surface area contributed by atoms with E-state index in [1.165, 1.54) is 40.2 Å². The summed E-state index contributed by atoms with van der Waals surface area (Å²) in [5.41, 5.74) is -3.03. The smallest absolute Gasteiger partial charge is 0.874 e. The van der Waals surface area contributed by atoms with Gasteiger partial charge in [-0.25, -0.2) is 0 Å². The molecular weight excluding hydrogens is 956 g/mol. The van der Waals surface area contributed by atoms with Gasteiger partial charge in [0.15, 0.2) is 5.70 Å². The Morgan fingerprint density at radius 1 is 0.662 bits per heavy atom. The predicted octanol–water partition coefficient (Wildman–Crippen LogP) is 4.29. The fourth-order valence-corrected chi connectivity index (χ4v) is 6.39. The summed E-state index contributed by atoms with van der Waals surface area (Å²) < 4.78 is 74.3. The fourth-order valence-electron chi connectivity index (χ4n) is 4.95. The van der Waals surface area contributed by atoms with E-state index in [1.807, 2.05) is 0 Å². The molecule has 0 spiro atoms. The Kier molecular flexibility index (Phi) is 18.3. The van der Waals surface area contributed by atoms with Gasteiger partial charge in [0.1, 0.15) is 32.7 Å². The standard InChI is InChI=1S/2C18H18N4O9S.Co/c2*1-9-6-13(15(31-3)8-16(9)32(28,29)30)19-18(25)17(10(2)23)21-20-12-7-11(22(26)27)4-5-14(12)24;/h2*4-8,23-24H,1-3H3,(H,19,25)(H,28,29,30);/q;;+3/p-3. The number of nitro groups is 2. The van der Waals surface area contributed by atoms with E-state index in [0.29, 0.717) is 0 Å². The number of benzene rings is 4. The topological polar surface area (TPSA) is 411 Å². The molecule has 5 N–H and O–H groups in total. The van der Waals surface area contributed by atoms with Gasteiger partial charge in [-0.2, -0.15) is 27.1 Å². The Hall–Kier alpha value is -7.57. The first-order valence-corrected chi connectivity index (χ1v) is 20.0. The first-order chi connectivity index (χ1) is 29.7. The maximum atomic E-state index is 12.6. The van der Waals surface area contributed by atoms with Crippen molar-refractivity contribution in [1.29, 1.82) is 0 Å². The number of hydrogen-bond donors (Lipinski definition) is 5. The first-order valence-electron chi connectivity index (χ1n) is 17.2. The van der Waals surface area contributed by atoms with E-state index in [2.05, 4.69) is 31.1 Å². The summed E-state index contributed by atoms with van der Waals surface area (Å²) in [6.45, 7) is 4.84.